The zero-order valence-corrected chi connectivity index (χ0v) is 10.7. The Morgan fingerprint density at radius 1 is 1.24 bits per heavy atom. The molecule has 1 aliphatic carbocycles. The van der Waals surface area contributed by atoms with Crippen molar-refractivity contribution in [2.24, 2.45) is 5.73 Å². The maximum atomic E-state index is 5.85. The first-order valence-corrected chi connectivity index (χ1v) is 6.17. The molecular formula is C14H21NO2. The molecule has 1 fully saturated rings. The molecule has 17 heavy (non-hydrogen) atoms. The second kappa shape index (κ2) is 5.07. The van der Waals surface area contributed by atoms with Gasteiger partial charge in [-0.2, -0.15) is 0 Å². The Morgan fingerprint density at radius 3 is 2.35 bits per heavy atom. The Balaban J connectivity index is 1.95. The van der Waals surface area contributed by atoms with E-state index in [1.807, 2.05) is 12.1 Å². The van der Waals surface area contributed by atoms with Gasteiger partial charge in [0.2, 0.25) is 0 Å². The molecule has 0 bridgehead atoms. The van der Waals surface area contributed by atoms with Crippen molar-refractivity contribution in [1.82, 2.24) is 0 Å². The van der Waals surface area contributed by atoms with E-state index in [1.54, 1.807) is 7.11 Å². The lowest BCUT2D eigenvalue weighted by Gasteiger charge is -2.41. The van der Waals surface area contributed by atoms with Gasteiger partial charge in [-0.25, -0.2) is 0 Å². The van der Waals surface area contributed by atoms with Gasteiger partial charge in [-0.15, -0.1) is 0 Å². The highest BCUT2D eigenvalue weighted by molar-refractivity contribution is 5.29. The van der Waals surface area contributed by atoms with Crippen LogP contribution in [0.15, 0.2) is 24.3 Å². The van der Waals surface area contributed by atoms with Crippen molar-refractivity contribution in [3.8, 4) is 5.75 Å². The van der Waals surface area contributed by atoms with Crippen LogP contribution in [-0.4, -0.2) is 25.4 Å². The van der Waals surface area contributed by atoms with Crippen molar-refractivity contribution < 1.29 is 9.47 Å². The summed E-state index contributed by atoms with van der Waals surface area (Å²) < 4.78 is 11.1. The highest BCUT2D eigenvalue weighted by Crippen LogP contribution is 2.28. The average Bonchev–Trinajstić information content (AvgIpc) is 2.29. The van der Waals surface area contributed by atoms with Crippen LogP contribution in [0.1, 0.15) is 31.7 Å². The van der Waals surface area contributed by atoms with Gasteiger partial charge in [0.25, 0.3) is 0 Å². The maximum Gasteiger partial charge on any atom is 0.128 e. The van der Waals surface area contributed by atoms with E-state index < -0.39 is 0 Å². The van der Waals surface area contributed by atoms with Crippen molar-refractivity contribution in [2.75, 3.05) is 7.11 Å². The summed E-state index contributed by atoms with van der Waals surface area (Å²) in [7, 11) is 1.68. The predicted molar refractivity (Wildman–Crippen MR) is 68.3 cm³/mol. The highest BCUT2D eigenvalue weighted by Gasteiger charge is 2.40. The summed E-state index contributed by atoms with van der Waals surface area (Å²) in [6, 6.07) is 8.37. The molecule has 2 N–H and O–H groups in total. The largest absolute Gasteiger partial charge is 0.488 e. The molecule has 1 aromatic rings. The summed E-state index contributed by atoms with van der Waals surface area (Å²) in [5.74, 6) is 1.45. The van der Waals surface area contributed by atoms with Crippen LogP contribution in [-0.2, 0) is 4.74 Å². The fourth-order valence-electron chi connectivity index (χ4n) is 2.16. The third-order valence-electron chi connectivity index (χ3n) is 3.40. The molecule has 0 aromatic heterocycles. The molecule has 2 rings (SSSR count). The van der Waals surface area contributed by atoms with E-state index in [4.69, 9.17) is 15.2 Å². The van der Waals surface area contributed by atoms with Crippen LogP contribution in [0, 0.1) is 0 Å². The number of hydrogen-bond acceptors (Lipinski definition) is 3. The van der Waals surface area contributed by atoms with Gasteiger partial charge in [0.1, 0.15) is 18.0 Å². The summed E-state index contributed by atoms with van der Waals surface area (Å²) in [6.45, 7) is 4.36. The van der Waals surface area contributed by atoms with Gasteiger partial charge < -0.3 is 15.2 Å². The molecule has 0 amide bonds. The average molecular weight is 235 g/mol. The van der Waals surface area contributed by atoms with Crippen molar-refractivity contribution in [3.63, 3.8) is 0 Å². The second-order valence-electron chi connectivity index (χ2n) is 4.98. The number of benzene rings is 1. The van der Waals surface area contributed by atoms with E-state index in [0.29, 0.717) is 5.92 Å². The van der Waals surface area contributed by atoms with Gasteiger partial charge >= 0.3 is 0 Å². The van der Waals surface area contributed by atoms with Crippen LogP contribution in [0.5, 0.6) is 5.75 Å². The van der Waals surface area contributed by atoms with Crippen LogP contribution in [0.4, 0.5) is 0 Å². The van der Waals surface area contributed by atoms with E-state index in [-0.39, 0.29) is 18.2 Å². The van der Waals surface area contributed by atoms with Crippen LogP contribution >= 0.6 is 0 Å². The first kappa shape index (κ1) is 12.4. The minimum atomic E-state index is 0.0276. The quantitative estimate of drug-likeness (QED) is 0.871. The molecule has 1 aromatic carbocycles. The Morgan fingerprint density at radius 2 is 1.88 bits per heavy atom. The van der Waals surface area contributed by atoms with E-state index >= 15 is 0 Å². The highest BCUT2D eigenvalue weighted by atomic mass is 16.5. The van der Waals surface area contributed by atoms with Gasteiger partial charge in [-0.3, -0.25) is 0 Å². The summed E-state index contributed by atoms with van der Waals surface area (Å²) in [5.41, 5.74) is 7.16. The van der Waals surface area contributed by atoms with Crippen molar-refractivity contribution in [3.05, 3.63) is 29.8 Å². The third kappa shape index (κ3) is 2.61. The lowest BCUT2D eigenvalue weighted by atomic mass is 9.86. The zero-order chi connectivity index (χ0) is 12.4. The first-order chi connectivity index (χ1) is 8.11. The Labute approximate surface area is 103 Å². The molecule has 3 nitrogen and oxygen atoms in total. The standard InChI is InChI=1S/C14H21NO2/c1-9(2)10-4-6-11(7-5-10)17-13-8-12(15)14(13)16-3/h4-7,9,12-14H,8,15H2,1-3H3. The molecule has 1 saturated carbocycles. The molecule has 0 radical (unpaired) electrons. The van der Waals surface area contributed by atoms with Gasteiger partial charge in [0, 0.05) is 19.6 Å². The van der Waals surface area contributed by atoms with Gasteiger partial charge in [0.15, 0.2) is 0 Å². The topological polar surface area (TPSA) is 44.5 Å². The molecule has 3 heteroatoms. The van der Waals surface area contributed by atoms with E-state index in [9.17, 15) is 0 Å². The van der Waals surface area contributed by atoms with Crippen molar-refractivity contribution in [2.45, 2.75) is 44.4 Å². The van der Waals surface area contributed by atoms with E-state index in [2.05, 4.69) is 26.0 Å². The van der Waals surface area contributed by atoms with Crippen LogP contribution < -0.4 is 10.5 Å². The monoisotopic (exact) mass is 235 g/mol. The zero-order valence-electron chi connectivity index (χ0n) is 10.7. The lowest BCUT2D eigenvalue weighted by Crippen LogP contribution is -2.59. The fraction of sp³-hybridized carbons (Fsp3) is 0.571. The predicted octanol–water partition coefficient (Wildman–Crippen LogP) is 2.30. The SMILES string of the molecule is COC1C(N)CC1Oc1ccc(C(C)C)cc1. The molecular weight excluding hydrogens is 214 g/mol. The van der Waals surface area contributed by atoms with Gasteiger partial charge in [-0.05, 0) is 23.6 Å². The normalized spacial score (nSPS) is 27.9. The molecule has 1 aliphatic rings. The minimum absolute atomic E-state index is 0.0276. The van der Waals surface area contributed by atoms with Crippen LogP contribution in [0.3, 0.4) is 0 Å². The molecule has 3 unspecified atom stereocenters. The second-order valence-corrected chi connectivity index (χ2v) is 4.98. The third-order valence-corrected chi connectivity index (χ3v) is 3.40. The Hall–Kier alpha value is -1.06. The molecule has 94 valence electrons. The molecule has 0 heterocycles. The van der Waals surface area contributed by atoms with E-state index in [0.717, 1.165) is 12.2 Å². The number of hydrogen-bond donors (Lipinski definition) is 1. The van der Waals surface area contributed by atoms with Crippen LogP contribution in [0.2, 0.25) is 0 Å². The molecule has 0 spiro atoms. The molecule has 0 saturated heterocycles. The molecule has 0 aliphatic heterocycles. The Kier molecular flexibility index (Phi) is 3.69. The lowest BCUT2D eigenvalue weighted by molar-refractivity contribution is -0.0782. The van der Waals surface area contributed by atoms with Crippen LogP contribution in [0.25, 0.3) is 0 Å². The minimum Gasteiger partial charge on any atom is -0.488 e. The summed E-state index contributed by atoms with van der Waals surface area (Å²) in [4.78, 5) is 0. The van der Waals surface area contributed by atoms with Gasteiger partial charge in [0.05, 0.1) is 0 Å². The number of methoxy groups -OCH3 is 1. The van der Waals surface area contributed by atoms with Crippen molar-refractivity contribution in [1.29, 1.82) is 0 Å². The first-order valence-electron chi connectivity index (χ1n) is 6.17. The summed E-state index contributed by atoms with van der Waals surface area (Å²) in [6.07, 6.45) is 0.990. The van der Waals surface area contributed by atoms with Gasteiger partial charge in [-0.1, -0.05) is 26.0 Å². The van der Waals surface area contributed by atoms with E-state index in [1.165, 1.54) is 5.56 Å². The molecule has 3 atom stereocenters. The smallest absolute Gasteiger partial charge is 0.128 e. The maximum absolute atomic E-state index is 5.85. The summed E-state index contributed by atoms with van der Waals surface area (Å²) in [5, 5.41) is 0. The fourth-order valence-corrected chi connectivity index (χ4v) is 2.16. The van der Waals surface area contributed by atoms with Crippen molar-refractivity contribution >= 4 is 0 Å². The Bertz CT molecular complexity index is 361. The summed E-state index contributed by atoms with van der Waals surface area (Å²) >= 11 is 0. The number of rotatable bonds is 4. The number of ether oxygens (including phenoxy) is 2. The number of nitrogens with two attached hydrogens (primary N) is 1.